The van der Waals surface area contributed by atoms with E-state index in [1.165, 1.54) is 24.3 Å². The minimum absolute atomic E-state index is 0.0117. The average molecular weight is 464 g/mol. The Bertz CT molecular complexity index is 1240. The van der Waals surface area contributed by atoms with Gasteiger partial charge in [-0.05, 0) is 49.1 Å². The van der Waals surface area contributed by atoms with Crippen molar-refractivity contribution in [2.24, 2.45) is 17.6 Å². The number of rotatable bonds is 5. The molecule has 3 heterocycles. The lowest BCUT2D eigenvalue weighted by Crippen LogP contribution is -2.53. The Morgan fingerprint density at radius 3 is 2.47 bits per heavy atom. The number of anilines is 1. The molecule has 0 radical (unpaired) electrons. The molecule has 0 aliphatic carbocycles. The maximum Gasteiger partial charge on any atom is 0.250 e. The summed E-state index contributed by atoms with van der Waals surface area (Å²) in [5.74, 6) is -4.01. The van der Waals surface area contributed by atoms with E-state index in [-0.39, 0.29) is 19.4 Å². The third kappa shape index (κ3) is 3.07. The summed E-state index contributed by atoms with van der Waals surface area (Å²) in [6.07, 6.45) is 0.229. The fourth-order valence-corrected chi connectivity index (χ4v) is 5.65. The van der Waals surface area contributed by atoms with E-state index >= 15 is 0 Å². The Morgan fingerprint density at radius 1 is 1.09 bits per heavy atom. The topological polar surface area (TPSA) is 122 Å². The molecule has 8 nitrogen and oxygen atoms in total. The normalized spacial score (nSPS) is 27.3. The van der Waals surface area contributed by atoms with Crippen LogP contribution in [0.25, 0.3) is 0 Å². The summed E-state index contributed by atoms with van der Waals surface area (Å²) < 4.78 is 13.3. The minimum Gasteiger partial charge on any atom is -0.370 e. The molecular formula is C25H25FN4O4. The van der Waals surface area contributed by atoms with Crippen LogP contribution in [-0.2, 0) is 31.3 Å². The van der Waals surface area contributed by atoms with E-state index in [4.69, 9.17) is 5.73 Å². The molecule has 3 aliphatic rings. The summed E-state index contributed by atoms with van der Waals surface area (Å²) in [7, 11) is 0. The number of nitrogens with zero attached hydrogens (tertiary/aromatic N) is 1. The molecule has 4 atom stereocenters. The van der Waals surface area contributed by atoms with Crippen LogP contribution in [0.5, 0.6) is 0 Å². The summed E-state index contributed by atoms with van der Waals surface area (Å²) in [5.41, 5.74) is 7.68. The number of carbonyl (C=O) groups is 4. The summed E-state index contributed by atoms with van der Waals surface area (Å²) >= 11 is 0. The number of likely N-dealkylation sites (tertiary alicyclic amines) is 1. The van der Waals surface area contributed by atoms with Crippen LogP contribution in [-0.4, -0.2) is 34.6 Å². The monoisotopic (exact) mass is 464 g/mol. The van der Waals surface area contributed by atoms with Crippen molar-refractivity contribution in [1.82, 2.24) is 10.2 Å². The lowest BCUT2D eigenvalue weighted by atomic mass is 9.76. The molecule has 5 rings (SSSR count). The minimum atomic E-state index is -1.43. The predicted molar refractivity (Wildman–Crippen MR) is 121 cm³/mol. The largest absolute Gasteiger partial charge is 0.370 e. The molecule has 4 N–H and O–H groups in total. The van der Waals surface area contributed by atoms with Gasteiger partial charge in [-0.1, -0.05) is 24.3 Å². The van der Waals surface area contributed by atoms with Gasteiger partial charge in [-0.25, -0.2) is 4.39 Å². The predicted octanol–water partition coefficient (Wildman–Crippen LogP) is 1.63. The second-order valence-corrected chi connectivity index (χ2v) is 9.34. The van der Waals surface area contributed by atoms with Crippen LogP contribution in [0.3, 0.4) is 0 Å². The number of carbonyl (C=O) groups excluding carboxylic acids is 4. The number of nitrogens with two attached hydrogens (primary N) is 1. The molecular weight excluding hydrogens is 439 g/mol. The van der Waals surface area contributed by atoms with Gasteiger partial charge in [0.05, 0.1) is 18.4 Å². The fourth-order valence-electron chi connectivity index (χ4n) is 5.65. The van der Waals surface area contributed by atoms with Crippen molar-refractivity contribution in [1.29, 1.82) is 0 Å². The number of hydrogen-bond acceptors (Lipinski definition) is 5. The van der Waals surface area contributed by atoms with Crippen molar-refractivity contribution in [3.8, 4) is 0 Å². The molecule has 4 amide bonds. The first-order valence-corrected chi connectivity index (χ1v) is 11.2. The van der Waals surface area contributed by atoms with Crippen molar-refractivity contribution in [2.45, 2.75) is 44.8 Å². The average Bonchev–Trinajstić information content (AvgIpc) is 3.37. The molecule has 3 aliphatic heterocycles. The van der Waals surface area contributed by atoms with Gasteiger partial charge in [0.15, 0.2) is 0 Å². The molecule has 9 heteroatoms. The van der Waals surface area contributed by atoms with Crippen LogP contribution in [0.2, 0.25) is 0 Å². The van der Waals surface area contributed by atoms with Crippen molar-refractivity contribution in [3.63, 3.8) is 0 Å². The first-order chi connectivity index (χ1) is 16.1. The number of hydrogen-bond donors (Lipinski definition) is 3. The Labute approximate surface area is 195 Å². The van der Waals surface area contributed by atoms with Crippen LogP contribution in [0, 0.1) is 31.5 Å². The zero-order valence-electron chi connectivity index (χ0n) is 18.9. The highest BCUT2D eigenvalue weighted by Gasteiger charge is 2.70. The van der Waals surface area contributed by atoms with Crippen LogP contribution in [0.1, 0.15) is 35.1 Å². The Hall–Kier alpha value is -3.59. The summed E-state index contributed by atoms with van der Waals surface area (Å²) in [4.78, 5) is 53.5. The van der Waals surface area contributed by atoms with Gasteiger partial charge < -0.3 is 11.1 Å². The van der Waals surface area contributed by atoms with Crippen LogP contribution >= 0.6 is 0 Å². The Balaban J connectivity index is 1.59. The van der Waals surface area contributed by atoms with Crippen LogP contribution in [0.15, 0.2) is 36.4 Å². The van der Waals surface area contributed by atoms with Crippen LogP contribution < -0.4 is 16.4 Å². The number of halogens is 1. The van der Waals surface area contributed by atoms with Gasteiger partial charge in [-0.3, -0.25) is 29.4 Å². The second kappa shape index (κ2) is 7.73. The molecule has 176 valence electrons. The molecule has 0 aromatic heterocycles. The van der Waals surface area contributed by atoms with Gasteiger partial charge in [0, 0.05) is 23.7 Å². The highest BCUT2D eigenvalue weighted by Crippen LogP contribution is 2.54. The van der Waals surface area contributed by atoms with Gasteiger partial charge in [0.25, 0.3) is 0 Å². The molecule has 1 spiro atoms. The Morgan fingerprint density at radius 2 is 1.79 bits per heavy atom. The number of amides is 4. The maximum absolute atomic E-state index is 13.7. The third-order valence-corrected chi connectivity index (χ3v) is 7.47. The molecule has 2 fully saturated rings. The Kier molecular flexibility index (Phi) is 5.05. The standard InChI is InChI=1S/C25H25FN4O4/c1-12-3-8-16-21(13(12)2)28-24(34)25(16)20-19(17(29-25)9-10-18(27)31)22(32)30(23(20)33)11-14-4-6-15(26)7-5-14/h3-8,17,19-20,29H,9-11H2,1-2H3,(H2,27,31)(H,28,34)/t17-,19+,20-,25-/m0/s1. The lowest BCUT2D eigenvalue weighted by Gasteiger charge is -2.29. The van der Waals surface area contributed by atoms with Gasteiger partial charge in [-0.15, -0.1) is 0 Å². The number of nitrogens with one attached hydrogen (secondary N) is 2. The highest BCUT2D eigenvalue weighted by molar-refractivity contribution is 6.15. The second-order valence-electron chi connectivity index (χ2n) is 9.34. The first-order valence-electron chi connectivity index (χ1n) is 11.2. The van der Waals surface area contributed by atoms with Gasteiger partial charge in [0.1, 0.15) is 11.4 Å². The zero-order chi connectivity index (χ0) is 24.4. The van der Waals surface area contributed by atoms with Gasteiger partial charge in [-0.2, -0.15) is 0 Å². The summed E-state index contributed by atoms with van der Waals surface area (Å²) in [6.45, 7) is 3.81. The number of imide groups is 1. The third-order valence-electron chi connectivity index (χ3n) is 7.47. The van der Waals surface area contributed by atoms with Crippen LogP contribution in [0.4, 0.5) is 10.1 Å². The number of primary amides is 1. The van der Waals surface area contributed by atoms with Crippen molar-refractivity contribution < 1.29 is 23.6 Å². The van der Waals surface area contributed by atoms with Crippen molar-refractivity contribution >= 4 is 29.3 Å². The molecule has 0 bridgehead atoms. The molecule has 0 saturated carbocycles. The molecule has 34 heavy (non-hydrogen) atoms. The summed E-state index contributed by atoms with van der Waals surface area (Å²) in [6, 6.07) is 8.69. The van der Waals surface area contributed by atoms with E-state index in [9.17, 15) is 23.6 Å². The highest BCUT2D eigenvalue weighted by atomic mass is 19.1. The maximum atomic E-state index is 13.7. The van der Waals surface area contributed by atoms with E-state index in [2.05, 4.69) is 10.6 Å². The first kappa shape index (κ1) is 22.2. The number of fused-ring (bicyclic) bond motifs is 4. The molecule has 2 aromatic rings. The van der Waals surface area contributed by atoms with E-state index in [0.717, 1.165) is 16.0 Å². The summed E-state index contributed by atoms with van der Waals surface area (Å²) in [5, 5.41) is 6.22. The van der Waals surface area contributed by atoms with Crippen molar-refractivity contribution in [2.75, 3.05) is 5.32 Å². The van der Waals surface area contributed by atoms with E-state index in [1.54, 1.807) is 0 Å². The zero-order valence-corrected chi connectivity index (χ0v) is 18.9. The number of benzene rings is 2. The van der Waals surface area contributed by atoms with E-state index < -0.39 is 52.9 Å². The smallest absolute Gasteiger partial charge is 0.250 e. The van der Waals surface area contributed by atoms with E-state index in [1.807, 2.05) is 26.0 Å². The SMILES string of the molecule is Cc1ccc2c(c1C)NC(=O)[C@]21N[C@@H](CCC(N)=O)[C@H]2C(=O)N(Cc3ccc(F)cc3)C(=O)[C@H]21. The lowest BCUT2D eigenvalue weighted by molar-refractivity contribution is -0.143. The molecule has 0 unspecified atom stereocenters. The fraction of sp³-hybridized carbons (Fsp3) is 0.360. The quantitative estimate of drug-likeness (QED) is 0.581. The molecule has 2 saturated heterocycles. The van der Waals surface area contributed by atoms with Gasteiger partial charge >= 0.3 is 0 Å². The van der Waals surface area contributed by atoms with E-state index in [0.29, 0.717) is 16.8 Å². The van der Waals surface area contributed by atoms with Crippen molar-refractivity contribution in [3.05, 3.63) is 64.5 Å². The number of aryl methyl sites for hydroxylation is 1. The van der Waals surface area contributed by atoms with Gasteiger partial charge in [0.2, 0.25) is 23.6 Å². The molecule has 2 aromatic carbocycles.